The molecule has 6 nitrogen and oxygen atoms in total. The Kier molecular flexibility index (Phi) is 4.97. The number of fused-ring (bicyclic) bond motifs is 1. The second-order valence-electron chi connectivity index (χ2n) is 7.11. The van der Waals surface area contributed by atoms with Gasteiger partial charge in [-0.15, -0.1) is 11.3 Å². The number of aromatic amines is 1. The van der Waals surface area contributed by atoms with E-state index in [1.807, 2.05) is 32.6 Å². The first-order valence-electron chi connectivity index (χ1n) is 8.82. The van der Waals surface area contributed by atoms with Gasteiger partial charge in [-0.1, -0.05) is 13.8 Å². The van der Waals surface area contributed by atoms with Gasteiger partial charge in [-0.2, -0.15) is 0 Å². The fourth-order valence-electron chi connectivity index (χ4n) is 3.34. The van der Waals surface area contributed by atoms with E-state index in [2.05, 4.69) is 16.8 Å². The standard InChI is InChI=1S/C18H26N4O2S/c1-10(2)18(24)22-8-6-21(7-9-22)12(4)15-19-16(23)14-11(3)13(5)25-17(14)20-15/h10,12H,6-9H2,1-5H3,(H,19,20,23)/t12-/m0/s1. The molecule has 1 aliphatic heterocycles. The van der Waals surface area contributed by atoms with Crippen molar-refractivity contribution in [3.63, 3.8) is 0 Å². The van der Waals surface area contributed by atoms with Gasteiger partial charge < -0.3 is 9.88 Å². The Morgan fingerprint density at radius 1 is 1.16 bits per heavy atom. The minimum absolute atomic E-state index is 0.0242. The van der Waals surface area contributed by atoms with Crippen LogP contribution in [0.4, 0.5) is 0 Å². The normalized spacial score (nSPS) is 17.4. The molecule has 1 fully saturated rings. The molecular formula is C18H26N4O2S. The van der Waals surface area contributed by atoms with Crippen LogP contribution in [0, 0.1) is 19.8 Å². The van der Waals surface area contributed by atoms with Crippen LogP contribution in [0.3, 0.4) is 0 Å². The summed E-state index contributed by atoms with van der Waals surface area (Å²) in [7, 11) is 0. The molecule has 1 atom stereocenters. The number of amides is 1. The van der Waals surface area contributed by atoms with Crippen LogP contribution in [0.2, 0.25) is 0 Å². The van der Waals surface area contributed by atoms with Crippen LogP contribution >= 0.6 is 11.3 Å². The number of nitrogens with zero attached hydrogens (tertiary/aromatic N) is 3. The summed E-state index contributed by atoms with van der Waals surface area (Å²) in [6, 6.07) is 0.0242. The van der Waals surface area contributed by atoms with Crippen molar-refractivity contribution in [3.05, 3.63) is 26.6 Å². The van der Waals surface area contributed by atoms with E-state index in [1.165, 1.54) is 0 Å². The second kappa shape index (κ2) is 6.88. The Morgan fingerprint density at radius 3 is 2.40 bits per heavy atom. The van der Waals surface area contributed by atoms with E-state index in [0.29, 0.717) is 11.2 Å². The number of carbonyl (C=O) groups is 1. The number of aromatic nitrogens is 2. The van der Waals surface area contributed by atoms with Gasteiger partial charge in [0.05, 0.1) is 11.4 Å². The van der Waals surface area contributed by atoms with Crippen LogP contribution in [0.1, 0.15) is 43.1 Å². The zero-order chi connectivity index (χ0) is 18.3. The highest BCUT2D eigenvalue weighted by Gasteiger charge is 2.27. The number of thiophene rings is 1. The summed E-state index contributed by atoms with van der Waals surface area (Å²) in [5.74, 6) is 0.960. The predicted octanol–water partition coefficient (Wildman–Crippen LogP) is 2.46. The zero-order valence-corrected chi connectivity index (χ0v) is 16.4. The summed E-state index contributed by atoms with van der Waals surface area (Å²) < 4.78 is 0. The van der Waals surface area contributed by atoms with Gasteiger partial charge >= 0.3 is 0 Å². The summed E-state index contributed by atoms with van der Waals surface area (Å²) in [4.78, 5) is 38.4. The maximum atomic E-state index is 12.5. The Morgan fingerprint density at radius 2 is 1.80 bits per heavy atom. The molecule has 0 aliphatic carbocycles. The molecule has 1 N–H and O–H groups in total. The lowest BCUT2D eigenvalue weighted by molar-refractivity contribution is -0.136. The molecule has 136 valence electrons. The average Bonchev–Trinajstić information content (AvgIpc) is 2.88. The van der Waals surface area contributed by atoms with E-state index in [-0.39, 0.29) is 23.4 Å². The van der Waals surface area contributed by atoms with Crippen molar-refractivity contribution in [1.82, 2.24) is 19.8 Å². The molecule has 0 spiro atoms. The van der Waals surface area contributed by atoms with Crippen LogP contribution in [0.25, 0.3) is 10.2 Å². The molecule has 25 heavy (non-hydrogen) atoms. The van der Waals surface area contributed by atoms with Gasteiger partial charge in [0.1, 0.15) is 10.7 Å². The lowest BCUT2D eigenvalue weighted by Gasteiger charge is -2.38. The van der Waals surface area contributed by atoms with Crippen LogP contribution in [-0.2, 0) is 4.79 Å². The van der Waals surface area contributed by atoms with Crippen molar-refractivity contribution in [2.45, 2.75) is 40.7 Å². The summed E-state index contributed by atoms with van der Waals surface area (Å²) in [6.45, 7) is 13.0. The molecule has 2 aromatic rings. The van der Waals surface area contributed by atoms with E-state index in [1.54, 1.807) is 11.3 Å². The third-order valence-electron chi connectivity index (χ3n) is 5.12. The van der Waals surface area contributed by atoms with Gasteiger partial charge in [-0.25, -0.2) is 4.98 Å². The molecule has 0 unspecified atom stereocenters. The molecule has 1 aliphatic rings. The molecule has 0 bridgehead atoms. The molecule has 7 heteroatoms. The van der Waals surface area contributed by atoms with Crippen molar-refractivity contribution in [1.29, 1.82) is 0 Å². The first-order valence-corrected chi connectivity index (χ1v) is 9.64. The van der Waals surface area contributed by atoms with Crippen molar-refractivity contribution in [2.75, 3.05) is 26.2 Å². The number of piperazine rings is 1. The number of rotatable bonds is 3. The van der Waals surface area contributed by atoms with Crippen molar-refractivity contribution >= 4 is 27.5 Å². The van der Waals surface area contributed by atoms with Gasteiger partial charge in [-0.05, 0) is 26.3 Å². The molecule has 1 amide bonds. The summed E-state index contributed by atoms with van der Waals surface area (Å²) in [5.41, 5.74) is 0.969. The topological polar surface area (TPSA) is 69.3 Å². The van der Waals surface area contributed by atoms with Crippen molar-refractivity contribution in [2.24, 2.45) is 5.92 Å². The maximum absolute atomic E-state index is 12.5. The number of H-pyrrole nitrogens is 1. The van der Waals surface area contributed by atoms with E-state index in [4.69, 9.17) is 4.98 Å². The molecule has 1 saturated heterocycles. The van der Waals surface area contributed by atoms with Crippen LogP contribution in [0.15, 0.2) is 4.79 Å². The third kappa shape index (κ3) is 3.35. The molecule has 0 saturated carbocycles. The van der Waals surface area contributed by atoms with Crippen molar-refractivity contribution in [3.8, 4) is 0 Å². The third-order valence-corrected chi connectivity index (χ3v) is 6.22. The van der Waals surface area contributed by atoms with Gasteiger partial charge in [0, 0.05) is 37.0 Å². The fourth-order valence-corrected chi connectivity index (χ4v) is 4.37. The van der Waals surface area contributed by atoms with Crippen LogP contribution in [-0.4, -0.2) is 51.9 Å². The van der Waals surface area contributed by atoms with Gasteiger partial charge in [0.2, 0.25) is 5.91 Å². The lowest BCUT2D eigenvalue weighted by Crippen LogP contribution is -2.50. The summed E-state index contributed by atoms with van der Waals surface area (Å²) in [5, 5.41) is 0.714. The molecule has 3 heterocycles. The SMILES string of the molecule is Cc1sc2nc([C@H](C)N3CCN(C(=O)C(C)C)CC3)[nH]c(=O)c2c1C. The van der Waals surface area contributed by atoms with E-state index < -0.39 is 0 Å². The predicted molar refractivity (Wildman–Crippen MR) is 101 cm³/mol. The van der Waals surface area contributed by atoms with E-state index >= 15 is 0 Å². The largest absolute Gasteiger partial charge is 0.340 e. The Bertz CT molecular complexity index is 847. The molecule has 0 aromatic carbocycles. The highest BCUT2D eigenvalue weighted by molar-refractivity contribution is 7.18. The number of nitrogens with one attached hydrogen (secondary N) is 1. The van der Waals surface area contributed by atoms with Gasteiger partial charge in [0.25, 0.3) is 5.56 Å². The molecule has 0 radical (unpaired) electrons. The zero-order valence-electron chi connectivity index (χ0n) is 15.5. The Balaban J connectivity index is 1.78. The fraction of sp³-hybridized carbons (Fsp3) is 0.611. The van der Waals surface area contributed by atoms with E-state index in [0.717, 1.165) is 41.5 Å². The number of carbonyl (C=O) groups excluding carboxylic acids is 1. The first kappa shape index (κ1) is 18.1. The molecule has 3 rings (SSSR count). The van der Waals surface area contributed by atoms with Crippen molar-refractivity contribution < 1.29 is 4.79 Å². The minimum Gasteiger partial charge on any atom is -0.340 e. The molecule has 2 aromatic heterocycles. The smallest absolute Gasteiger partial charge is 0.259 e. The highest BCUT2D eigenvalue weighted by atomic mass is 32.1. The summed E-state index contributed by atoms with van der Waals surface area (Å²) >= 11 is 1.58. The quantitative estimate of drug-likeness (QED) is 0.911. The van der Waals surface area contributed by atoms with Crippen LogP contribution < -0.4 is 5.56 Å². The van der Waals surface area contributed by atoms with Gasteiger partial charge in [0.15, 0.2) is 0 Å². The van der Waals surface area contributed by atoms with Gasteiger partial charge in [-0.3, -0.25) is 14.5 Å². The second-order valence-corrected chi connectivity index (χ2v) is 8.31. The number of aryl methyl sites for hydroxylation is 2. The number of hydrogen-bond acceptors (Lipinski definition) is 5. The molecular weight excluding hydrogens is 336 g/mol. The lowest BCUT2D eigenvalue weighted by atomic mass is 10.1. The van der Waals surface area contributed by atoms with Crippen LogP contribution in [0.5, 0.6) is 0 Å². The van der Waals surface area contributed by atoms with E-state index in [9.17, 15) is 9.59 Å². The average molecular weight is 362 g/mol. The Labute approximate surface area is 151 Å². The maximum Gasteiger partial charge on any atom is 0.259 e. The highest BCUT2D eigenvalue weighted by Crippen LogP contribution is 2.27. The first-order chi connectivity index (χ1) is 11.8. The Hall–Kier alpha value is -1.73. The summed E-state index contributed by atoms with van der Waals surface area (Å²) in [6.07, 6.45) is 0. The number of hydrogen-bond donors (Lipinski definition) is 1. The minimum atomic E-state index is -0.0534. The monoisotopic (exact) mass is 362 g/mol.